The van der Waals surface area contributed by atoms with Crippen LogP contribution in [0.4, 0.5) is 5.82 Å². The number of hydrogen-bond donors (Lipinski definition) is 3. The third-order valence-electron chi connectivity index (χ3n) is 2.76. The van der Waals surface area contributed by atoms with Gasteiger partial charge in [0.15, 0.2) is 0 Å². The second-order valence-corrected chi connectivity index (χ2v) is 5.10. The number of amides is 1. The normalized spacial score (nSPS) is 11.8. The highest BCUT2D eigenvalue weighted by Crippen LogP contribution is 2.12. The SMILES string of the molecule is C=CCNC(=O)c1ccc(N[C@H](CC(C)C)C(=O)O)nc1. The lowest BCUT2D eigenvalue weighted by atomic mass is 10.0. The number of rotatable bonds is 8. The van der Waals surface area contributed by atoms with Gasteiger partial charge in [0.05, 0.1) is 5.56 Å². The van der Waals surface area contributed by atoms with Crippen LogP contribution < -0.4 is 10.6 Å². The largest absolute Gasteiger partial charge is 0.480 e. The van der Waals surface area contributed by atoms with E-state index >= 15 is 0 Å². The van der Waals surface area contributed by atoms with E-state index in [0.717, 1.165) is 0 Å². The number of carboxylic acids is 1. The Kier molecular flexibility index (Phi) is 6.39. The molecule has 0 aliphatic carbocycles. The molecule has 0 saturated carbocycles. The minimum absolute atomic E-state index is 0.245. The van der Waals surface area contributed by atoms with Crippen LogP contribution in [0, 0.1) is 5.92 Å². The van der Waals surface area contributed by atoms with Crippen molar-refractivity contribution >= 4 is 17.7 Å². The van der Waals surface area contributed by atoms with Gasteiger partial charge in [-0.15, -0.1) is 6.58 Å². The molecule has 0 spiro atoms. The number of carboxylic acid groups (broad SMARTS) is 1. The molecule has 0 unspecified atom stereocenters. The summed E-state index contributed by atoms with van der Waals surface area (Å²) in [5.41, 5.74) is 0.415. The van der Waals surface area contributed by atoms with Crippen LogP contribution in [0.25, 0.3) is 0 Å². The summed E-state index contributed by atoms with van der Waals surface area (Å²) < 4.78 is 0. The molecule has 0 aliphatic heterocycles. The number of carbonyl (C=O) groups excluding carboxylic acids is 1. The van der Waals surface area contributed by atoms with Crippen LogP contribution in [0.3, 0.4) is 0 Å². The summed E-state index contributed by atoms with van der Waals surface area (Å²) in [4.78, 5) is 26.9. The Morgan fingerprint density at radius 1 is 1.43 bits per heavy atom. The number of nitrogens with one attached hydrogen (secondary N) is 2. The zero-order chi connectivity index (χ0) is 15.8. The number of pyridine rings is 1. The fraction of sp³-hybridized carbons (Fsp3) is 0.400. The molecular weight excluding hydrogens is 270 g/mol. The quantitative estimate of drug-likeness (QED) is 0.636. The first-order valence-corrected chi connectivity index (χ1v) is 6.78. The summed E-state index contributed by atoms with van der Waals surface area (Å²) in [5.74, 6) is -0.477. The smallest absolute Gasteiger partial charge is 0.326 e. The molecule has 3 N–H and O–H groups in total. The van der Waals surface area contributed by atoms with E-state index in [-0.39, 0.29) is 11.8 Å². The topological polar surface area (TPSA) is 91.3 Å². The summed E-state index contributed by atoms with van der Waals surface area (Å²) in [5, 5.41) is 14.7. The minimum atomic E-state index is -0.918. The number of aliphatic carboxylic acids is 1. The number of nitrogens with zero attached hydrogens (tertiary/aromatic N) is 1. The Morgan fingerprint density at radius 3 is 2.62 bits per heavy atom. The average molecular weight is 291 g/mol. The van der Waals surface area contributed by atoms with Crippen molar-refractivity contribution in [1.29, 1.82) is 0 Å². The van der Waals surface area contributed by atoms with Crippen molar-refractivity contribution in [2.24, 2.45) is 5.92 Å². The van der Waals surface area contributed by atoms with Crippen molar-refractivity contribution in [2.45, 2.75) is 26.3 Å². The van der Waals surface area contributed by atoms with Crippen LogP contribution in [0.1, 0.15) is 30.6 Å². The van der Waals surface area contributed by atoms with Crippen LogP contribution in [0.15, 0.2) is 31.0 Å². The summed E-state index contributed by atoms with van der Waals surface area (Å²) in [7, 11) is 0. The fourth-order valence-electron chi connectivity index (χ4n) is 1.75. The molecule has 6 heteroatoms. The van der Waals surface area contributed by atoms with E-state index < -0.39 is 12.0 Å². The van der Waals surface area contributed by atoms with Gasteiger partial charge in [-0.2, -0.15) is 0 Å². The van der Waals surface area contributed by atoms with Crippen LogP contribution in [-0.4, -0.2) is 34.6 Å². The van der Waals surface area contributed by atoms with E-state index in [0.29, 0.717) is 24.3 Å². The van der Waals surface area contributed by atoms with Crippen LogP contribution in [-0.2, 0) is 4.79 Å². The maximum Gasteiger partial charge on any atom is 0.326 e. The molecule has 0 radical (unpaired) electrons. The maximum atomic E-state index is 11.7. The van der Waals surface area contributed by atoms with Gasteiger partial charge in [-0.3, -0.25) is 4.79 Å². The molecule has 0 bridgehead atoms. The predicted octanol–water partition coefficient (Wildman–Crippen LogP) is 1.91. The molecule has 1 rings (SSSR count). The van der Waals surface area contributed by atoms with Crippen molar-refractivity contribution in [3.63, 3.8) is 0 Å². The Morgan fingerprint density at radius 2 is 2.14 bits per heavy atom. The third kappa shape index (κ3) is 5.64. The average Bonchev–Trinajstić information content (AvgIpc) is 2.44. The summed E-state index contributed by atoms with van der Waals surface area (Å²) >= 11 is 0. The monoisotopic (exact) mass is 291 g/mol. The molecule has 1 aromatic rings. The first-order chi connectivity index (χ1) is 9.93. The highest BCUT2D eigenvalue weighted by Gasteiger charge is 2.19. The lowest BCUT2D eigenvalue weighted by molar-refractivity contribution is -0.138. The van der Waals surface area contributed by atoms with Gasteiger partial charge in [-0.25, -0.2) is 9.78 Å². The van der Waals surface area contributed by atoms with Gasteiger partial charge in [-0.1, -0.05) is 19.9 Å². The number of carbonyl (C=O) groups is 2. The zero-order valence-electron chi connectivity index (χ0n) is 12.3. The van der Waals surface area contributed by atoms with E-state index in [4.69, 9.17) is 5.11 Å². The van der Waals surface area contributed by atoms with E-state index in [1.165, 1.54) is 6.20 Å². The van der Waals surface area contributed by atoms with Crippen LogP contribution in [0.2, 0.25) is 0 Å². The molecule has 1 aromatic heterocycles. The lowest BCUT2D eigenvalue weighted by Gasteiger charge is -2.17. The van der Waals surface area contributed by atoms with Crippen molar-refractivity contribution in [3.05, 3.63) is 36.5 Å². The van der Waals surface area contributed by atoms with Crippen molar-refractivity contribution in [1.82, 2.24) is 10.3 Å². The van der Waals surface area contributed by atoms with Crippen LogP contribution >= 0.6 is 0 Å². The summed E-state index contributed by atoms with van der Waals surface area (Å²) in [6, 6.07) is 2.50. The van der Waals surface area contributed by atoms with Crippen molar-refractivity contribution in [3.8, 4) is 0 Å². The van der Waals surface area contributed by atoms with E-state index in [1.807, 2.05) is 13.8 Å². The number of anilines is 1. The summed E-state index contributed by atoms with van der Waals surface area (Å²) in [6.07, 6.45) is 3.50. The molecule has 0 aromatic carbocycles. The van der Waals surface area contributed by atoms with E-state index in [9.17, 15) is 9.59 Å². The zero-order valence-corrected chi connectivity index (χ0v) is 12.3. The highest BCUT2D eigenvalue weighted by molar-refractivity contribution is 5.94. The minimum Gasteiger partial charge on any atom is -0.480 e. The number of aromatic nitrogens is 1. The Balaban J connectivity index is 2.70. The predicted molar refractivity (Wildman–Crippen MR) is 81.3 cm³/mol. The highest BCUT2D eigenvalue weighted by atomic mass is 16.4. The molecule has 0 saturated heterocycles. The van der Waals surface area contributed by atoms with Crippen LogP contribution in [0.5, 0.6) is 0 Å². The molecule has 1 atom stereocenters. The Hall–Kier alpha value is -2.37. The molecule has 21 heavy (non-hydrogen) atoms. The van der Waals surface area contributed by atoms with Gasteiger partial charge in [0, 0.05) is 12.7 Å². The van der Waals surface area contributed by atoms with Gasteiger partial charge in [0.2, 0.25) is 0 Å². The second-order valence-electron chi connectivity index (χ2n) is 5.10. The first kappa shape index (κ1) is 16.7. The summed E-state index contributed by atoms with van der Waals surface area (Å²) in [6.45, 7) is 7.81. The van der Waals surface area contributed by atoms with Gasteiger partial charge < -0.3 is 15.7 Å². The Labute approximate surface area is 124 Å². The molecule has 0 fully saturated rings. The second kappa shape index (κ2) is 8.04. The molecule has 0 aliphatic rings. The van der Waals surface area contributed by atoms with E-state index in [1.54, 1.807) is 18.2 Å². The molecule has 1 amide bonds. The van der Waals surface area contributed by atoms with Crippen molar-refractivity contribution < 1.29 is 14.7 Å². The molecule has 1 heterocycles. The fourth-order valence-corrected chi connectivity index (χ4v) is 1.75. The molecular formula is C15H21N3O3. The molecule has 6 nitrogen and oxygen atoms in total. The van der Waals surface area contributed by atoms with Gasteiger partial charge in [0.1, 0.15) is 11.9 Å². The third-order valence-corrected chi connectivity index (χ3v) is 2.76. The number of hydrogen-bond acceptors (Lipinski definition) is 4. The van der Waals surface area contributed by atoms with Gasteiger partial charge in [-0.05, 0) is 24.5 Å². The van der Waals surface area contributed by atoms with E-state index in [2.05, 4.69) is 22.2 Å². The van der Waals surface area contributed by atoms with Gasteiger partial charge in [0.25, 0.3) is 5.91 Å². The molecule has 114 valence electrons. The van der Waals surface area contributed by atoms with Crippen molar-refractivity contribution in [2.75, 3.05) is 11.9 Å². The maximum absolute atomic E-state index is 11.7. The lowest BCUT2D eigenvalue weighted by Crippen LogP contribution is -2.31. The standard InChI is InChI=1S/C15H21N3O3/c1-4-7-16-14(19)11-5-6-13(17-9-11)18-12(15(20)21)8-10(2)3/h4-6,9-10,12H,1,7-8H2,2-3H3,(H,16,19)(H,17,18)(H,20,21)/t12-/m1/s1. The Bertz CT molecular complexity index is 497. The van der Waals surface area contributed by atoms with Gasteiger partial charge >= 0.3 is 5.97 Å². The first-order valence-electron chi connectivity index (χ1n) is 6.78.